The van der Waals surface area contributed by atoms with Gasteiger partial charge in [-0.15, -0.1) is 10.2 Å². The second kappa shape index (κ2) is 4.53. The zero-order valence-electron chi connectivity index (χ0n) is 10.7. The molecular weight excluding hydrogens is 298 g/mol. The molecule has 3 aromatic rings. The summed E-state index contributed by atoms with van der Waals surface area (Å²) in [5.41, 5.74) is 1.74. The first-order valence-corrected chi connectivity index (χ1v) is 8.38. The van der Waals surface area contributed by atoms with Crippen LogP contribution < -0.4 is 4.90 Å². The molecule has 2 heterocycles. The minimum Gasteiger partial charge on any atom is -0.324 e. The van der Waals surface area contributed by atoms with Crippen molar-refractivity contribution in [3.8, 4) is 0 Å². The standard InChI is InChI=1S/C11H11N5O2S2/c1-16(10-14-15-11(19-10)20(2,17)18)9-12-7-5-3-4-6-8(7)13-9/h3-6H,1-2H3,(H,12,13). The van der Waals surface area contributed by atoms with Crippen LogP contribution in [0.3, 0.4) is 0 Å². The van der Waals surface area contributed by atoms with E-state index in [1.165, 1.54) is 0 Å². The van der Waals surface area contributed by atoms with Crippen molar-refractivity contribution in [2.24, 2.45) is 0 Å². The Morgan fingerprint density at radius 2 is 2.00 bits per heavy atom. The molecule has 0 fully saturated rings. The molecule has 0 atom stereocenters. The Bertz CT molecular complexity index is 835. The number of nitrogens with zero attached hydrogens (tertiary/aromatic N) is 4. The van der Waals surface area contributed by atoms with Crippen molar-refractivity contribution < 1.29 is 8.42 Å². The highest BCUT2D eigenvalue weighted by Gasteiger charge is 2.18. The number of sulfone groups is 1. The second-order valence-electron chi connectivity index (χ2n) is 4.26. The number of para-hydroxylation sites is 2. The third kappa shape index (κ3) is 2.25. The second-order valence-corrected chi connectivity index (χ2v) is 7.40. The van der Waals surface area contributed by atoms with E-state index in [1.54, 1.807) is 11.9 Å². The zero-order valence-corrected chi connectivity index (χ0v) is 12.4. The zero-order chi connectivity index (χ0) is 14.3. The molecule has 20 heavy (non-hydrogen) atoms. The van der Waals surface area contributed by atoms with Crippen LogP contribution in [0.15, 0.2) is 28.6 Å². The van der Waals surface area contributed by atoms with Crippen LogP contribution in [-0.2, 0) is 9.84 Å². The molecule has 0 saturated heterocycles. The van der Waals surface area contributed by atoms with Gasteiger partial charge in [0.1, 0.15) is 0 Å². The Kier molecular flexibility index (Phi) is 2.94. The maximum Gasteiger partial charge on any atom is 0.234 e. The average molecular weight is 309 g/mol. The number of anilines is 2. The molecular formula is C11H11N5O2S2. The summed E-state index contributed by atoms with van der Waals surface area (Å²) in [6, 6.07) is 7.63. The molecule has 7 nitrogen and oxygen atoms in total. The molecule has 2 aromatic heterocycles. The van der Waals surface area contributed by atoms with E-state index in [4.69, 9.17) is 0 Å². The first-order valence-electron chi connectivity index (χ1n) is 5.67. The van der Waals surface area contributed by atoms with Crippen molar-refractivity contribution in [3.63, 3.8) is 0 Å². The fraction of sp³-hybridized carbons (Fsp3) is 0.182. The molecule has 1 N–H and O–H groups in total. The number of rotatable bonds is 3. The van der Waals surface area contributed by atoms with Crippen LogP contribution in [0, 0.1) is 0 Å². The number of aromatic nitrogens is 4. The van der Waals surface area contributed by atoms with Gasteiger partial charge >= 0.3 is 0 Å². The number of benzene rings is 1. The molecule has 1 aromatic carbocycles. The summed E-state index contributed by atoms with van der Waals surface area (Å²) in [6.07, 6.45) is 1.11. The van der Waals surface area contributed by atoms with E-state index in [2.05, 4.69) is 20.2 Å². The van der Waals surface area contributed by atoms with Crippen LogP contribution in [0.4, 0.5) is 11.1 Å². The Labute approximate surface area is 119 Å². The predicted octanol–water partition coefficient (Wildman–Crippen LogP) is 1.59. The van der Waals surface area contributed by atoms with E-state index in [-0.39, 0.29) is 4.34 Å². The summed E-state index contributed by atoms with van der Waals surface area (Å²) in [7, 11) is -1.58. The van der Waals surface area contributed by atoms with Gasteiger partial charge in [-0.1, -0.05) is 23.5 Å². The van der Waals surface area contributed by atoms with Crippen molar-refractivity contribution in [2.75, 3.05) is 18.2 Å². The van der Waals surface area contributed by atoms with Crippen molar-refractivity contribution in [2.45, 2.75) is 4.34 Å². The van der Waals surface area contributed by atoms with E-state index in [1.807, 2.05) is 24.3 Å². The van der Waals surface area contributed by atoms with Gasteiger partial charge in [-0.25, -0.2) is 13.4 Å². The van der Waals surface area contributed by atoms with Crippen molar-refractivity contribution in [1.29, 1.82) is 0 Å². The first-order chi connectivity index (χ1) is 9.45. The number of imidazole rings is 1. The molecule has 0 amide bonds. The van der Waals surface area contributed by atoms with Crippen LogP contribution in [0.25, 0.3) is 11.0 Å². The lowest BCUT2D eigenvalue weighted by Crippen LogP contribution is -2.10. The molecule has 3 rings (SSSR count). The van der Waals surface area contributed by atoms with Gasteiger partial charge in [0.25, 0.3) is 0 Å². The SMILES string of the molecule is CN(c1nc2ccccc2[nH]1)c1nnc(S(C)(=O)=O)s1. The highest BCUT2D eigenvalue weighted by atomic mass is 32.2. The summed E-state index contributed by atoms with van der Waals surface area (Å²) < 4.78 is 22.8. The maximum atomic E-state index is 11.4. The van der Waals surface area contributed by atoms with Gasteiger partial charge in [0.05, 0.1) is 11.0 Å². The molecule has 0 aliphatic rings. The number of fused-ring (bicyclic) bond motifs is 1. The van der Waals surface area contributed by atoms with Gasteiger partial charge < -0.3 is 4.98 Å². The van der Waals surface area contributed by atoms with Gasteiger partial charge in [-0.2, -0.15) is 0 Å². The molecule has 0 radical (unpaired) electrons. The maximum absolute atomic E-state index is 11.4. The molecule has 104 valence electrons. The molecule has 9 heteroatoms. The smallest absolute Gasteiger partial charge is 0.234 e. The number of nitrogens with one attached hydrogen (secondary N) is 1. The van der Waals surface area contributed by atoms with Gasteiger partial charge in [0.2, 0.25) is 25.3 Å². The number of H-pyrrole nitrogens is 1. The van der Waals surface area contributed by atoms with E-state index in [0.717, 1.165) is 28.6 Å². The van der Waals surface area contributed by atoms with Crippen LogP contribution >= 0.6 is 11.3 Å². The Hall–Kier alpha value is -2.00. The third-order valence-corrected chi connectivity index (χ3v) is 5.36. The fourth-order valence-corrected chi connectivity index (χ4v) is 3.24. The van der Waals surface area contributed by atoms with Crippen LogP contribution in [0.5, 0.6) is 0 Å². The Balaban J connectivity index is 1.99. The molecule has 0 aliphatic heterocycles. The Morgan fingerprint density at radius 1 is 1.25 bits per heavy atom. The van der Waals surface area contributed by atoms with Gasteiger partial charge in [-0.05, 0) is 12.1 Å². The van der Waals surface area contributed by atoms with Gasteiger partial charge in [0.15, 0.2) is 0 Å². The van der Waals surface area contributed by atoms with E-state index in [9.17, 15) is 8.42 Å². The largest absolute Gasteiger partial charge is 0.324 e. The summed E-state index contributed by atoms with van der Waals surface area (Å²) in [5.74, 6) is 0.586. The number of hydrogen-bond acceptors (Lipinski definition) is 7. The van der Waals surface area contributed by atoms with Crippen molar-refractivity contribution in [3.05, 3.63) is 24.3 Å². The third-order valence-electron chi connectivity index (χ3n) is 2.69. The topological polar surface area (TPSA) is 91.8 Å². The summed E-state index contributed by atoms with van der Waals surface area (Å²) in [4.78, 5) is 9.24. The highest BCUT2D eigenvalue weighted by Crippen LogP contribution is 2.28. The van der Waals surface area contributed by atoms with Crippen molar-refractivity contribution >= 4 is 43.3 Å². The van der Waals surface area contributed by atoms with Crippen LogP contribution in [0.1, 0.15) is 0 Å². The summed E-state index contributed by atoms with van der Waals surface area (Å²) >= 11 is 1.01. The predicted molar refractivity (Wildman–Crippen MR) is 77.2 cm³/mol. The highest BCUT2D eigenvalue weighted by molar-refractivity contribution is 7.92. The lowest BCUT2D eigenvalue weighted by atomic mass is 10.3. The number of aromatic amines is 1. The lowest BCUT2D eigenvalue weighted by molar-refractivity contribution is 0.600. The van der Waals surface area contributed by atoms with Crippen LogP contribution in [0.2, 0.25) is 0 Å². The molecule has 0 bridgehead atoms. The van der Waals surface area contributed by atoms with Gasteiger partial charge in [-0.3, -0.25) is 4.90 Å². The number of hydrogen-bond donors (Lipinski definition) is 1. The average Bonchev–Trinajstić information content (AvgIpc) is 3.04. The molecule has 0 aliphatic carbocycles. The summed E-state index contributed by atoms with van der Waals surface area (Å²) in [5, 5.41) is 8.03. The Morgan fingerprint density at radius 3 is 2.65 bits per heavy atom. The minimum absolute atomic E-state index is 0.00420. The lowest BCUT2D eigenvalue weighted by Gasteiger charge is -2.09. The molecule has 0 unspecified atom stereocenters. The molecule has 0 spiro atoms. The summed E-state index contributed by atoms with van der Waals surface area (Å²) in [6.45, 7) is 0. The quantitative estimate of drug-likeness (QED) is 0.790. The monoisotopic (exact) mass is 309 g/mol. The minimum atomic E-state index is -3.33. The fourth-order valence-electron chi connectivity index (χ4n) is 1.68. The van der Waals surface area contributed by atoms with E-state index >= 15 is 0 Å². The molecule has 0 saturated carbocycles. The van der Waals surface area contributed by atoms with Crippen molar-refractivity contribution in [1.82, 2.24) is 20.2 Å². The van der Waals surface area contributed by atoms with E-state index < -0.39 is 9.84 Å². The first kappa shape index (κ1) is 13.0. The normalized spacial score (nSPS) is 11.9. The van der Waals surface area contributed by atoms with Gasteiger partial charge in [0, 0.05) is 13.3 Å². The van der Waals surface area contributed by atoms with Crippen LogP contribution in [-0.4, -0.2) is 41.9 Å². The van der Waals surface area contributed by atoms with E-state index in [0.29, 0.717) is 11.1 Å².